The summed E-state index contributed by atoms with van der Waals surface area (Å²) in [5, 5.41) is 8.39. The summed E-state index contributed by atoms with van der Waals surface area (Å²) in [6, 6.07) is 19.5. The van der Waals surface area contributed by atoms with Crippen LogP contribution in [0.25, 0.3) is 0 Å². The Morgan fingerprint density at radius 3 is 1.46 bits per heavy atom. The standard InChI is InChI=1S/C12H10O.C5H14NO.CH4O4S/c1-3-7-11(8-4-1)13-12-9-5-2-6-10-12;1-6(2,3)4-5-7;1-5-6(2,3)4/h1-10H;7H,4-5H2,1-3H3;1H3,(H,2,3,4)/q;+1;/p-1. The molecule has 1 N–H and O–H groups in total. The Hall–Kier alpha value is -1.97. The van der Waals surface area contributed by atoms with Crippen LogP contribution in [0.1, 0.15) is 0 Å². The summed E-state index contributed by atoms with van der Waals surface area (Å²) in [4.78, 5) is 0. The van der Waals surface area contributed by atoms with Crippen molar-refractivity contribution in [3.05, 3.63) is 60.7 Å². The highest BCUT2D eigenvalue weighted by atomic mass is 32.3. The average Bonchev–Trinajstić information content (AvgIpc) is 2.56. The maximum Gasteiger partial charge on any atom is 0.217 e. The zero-order valence-electron chi connectivity index (χ0n) is 15.5. The molecule has 2 aromatic carbocycles. The molecular formula is C18H27NO6S. The SMILES string of the molecule is COS(=O)(=O)[O-].C[N+](C)(C)CCO.c1ccc(Oc2ccccc2)cc1. The van der Waals surface area contributed by atoms with Gasteiger partial charge in [-0.2, -0.15) is 0 Å². The fourth-order valence-electron chi connectivity index (χ4n) is 1.41. The van der Waals surface area contributed by atoms with Gasteiger partial charge in [-0.3, -0.25) is 4.18 Å². The summed E-state index contributed by atoms with van der Waals surface area (Å²) in [7, 11) is 2.55. The van der Waals surface area contributed by atoms with Crippen molar-refractivity contribution in [2.45, 2.75) is 0 Å². The van der Waals surface area contributed by atoms with E-state index < -0.39 is 10.4 Å². The van der Waals surface area contributed by atoms with Gasteiger partial charge < -0.3 is 18.9 Å². The summed E-state index contributed by atoms with van der Waals surface area (Å²) in [6.45, 7) is 1.11. The molecule has 0 bridgehead atoms. The zero-order valence-corrected chi connectivity index (χ0v) is 16.3. The van der Waals surface area contributed by atoms with E-state index in [2.05, 4.69) is 25.3 Å². The van der Waals surface area contributed by atoms with Crippen LogP contribution in [0.4, 0.5) is 0 Å². The highest BCUT2D eigenvalue weighted by Gasteiger charge is 2.02. The molecule has 0 unspecified atom stereocenters. The van der Waals surface area contributed by atoms with Gasteiger partial charge in [0.1, 0.15) is 18.0 Å². The second-order valence-electron chi connectivity index (χ2n) is 6.04. The van der Waals surface area contributed by atoms with Crippen LogP contribution in [0.3, 0.4) is 0 Å². The average molecular weight is 385 g/mol. The van der Waals surface area contributed by atoms with Crippen LogP contribution >= 0.6 is 0 Å². The zero-order chi connectivity index (χ0) is 20.1. The number of likely N-dealkylation sites (N-methyl/N-ethyl adjacent to an activating group) is 1. The fraction of sp³-hybridized carbons (Fsp3) is 0.333. The van der Waals surface area contributed by atoms with E-state index in [4.69, 9.17) is 9.84 Å². The van der Waals surface area contributed by atoms with Crippen LogP contribution in [0.2, 0.25) is 0 Å². The van der Waals surface area contributed by atoms with Gasteiger partial charge in [0.25, 0.3) is 0 Å². The van der Waals surface area contributed by atoms with E-state index in [1.54, 1.807) is 0 Å². The number of nitrogens with zero attached hydrogens (tertiary/aromatic N) is 1. The Kier molecular flexibility index (Phi) is 11.5. The molecule has 0 aliphatic heterocycles. The first-order valence-electron chi connectivity index (χ1n) is 7.78. The van der Waals surface area contributed by atoms with Gasteiger partial charge in [-0.05, 0) is 24.3 Å². The first-order valence-corrected chi connectivity index (χ1v) is 9.11. The predicted molar refractivity (Wildman–Crippen MR) is 99.6 cm³/mol. The molecule has 0 aromatic heterocycles. The first-order chi connectivity index (χ1) is 12.1. The molecule has 0 atom stereocenters. The van der Waals surface area contributed by atoms with Crippen molar-refractivity contribution in [1.82, 2.24) is 0 Å². The number of rotatable bonds is 5. The number of aliphatic hydroxyl groups excluding tert-OH is 1. The summed E-state index contributed by atoms with van der Waals surface area (Å²) >= 11 is 0. The van der Waals surface area contributed by atoms with E-state index in [0.717, 1.165) is 29.6 Å². The smallest absolute Gasteiger partial charge is 0.217 e. The monoisotopic (exact) mass is 385 g/mol. The van der Waals surface area contributed by atoms with Gasteiger partial charge in [0.15, 0.2) is 0 Å². The Morgan fingerprint density at radius 2 is 1.27 bits per heavy atom. The van der Waals surface area contributed by atoms with Crippen molar-refractivity contribution in [2.24, 2.45) is 0 Å². The van der Waals surface area contributed by atoms with Crippen molar-refractivity contribution in [1.29, 1.82) is 0 Å². The molecule has 0 radical (unpaired) electrons. The number of aliphatic hydroxyl groups is 1. The van der Waals surface area contributed by atoms with Crippen LogP contribution < -0.4 is 4.74 Å². The Labute approximate surface area is 156 Å². The van der Waals surface area contributed by atoms with Crippen molar-refractivity contribution in [3.63, 3.8) is 0 Å². The van der Waals surface area contributed by atoms with E-state index >= 15 is 0 Å². The van der Waals surface area contributed by atoms with Crippen LogP contribution in [-0.4, -0.2) is 64.0 Å². The van der Waals surface area contributed by atoms with E-state index in [0.29, 0.717) is 0 Å². The van der Waals surface area contributed by atoms with E-state index in [1.165, 1.54) is 0 Å². The highest BCUT2D eigenvalue weighted by molar-refractivity contribution is 7.80. The van der Waals surface area contributed by atoms with Gasteiger partial charge in [0.2, 0.25) is 10.4 Å². The molecule has 26 heavy (non-hydrogen) atoms. The van der Waals surface area contributed by atoms with Gasteiger partial charge >= 0.3 is 0 Å². The highest BCUT2D eigenvalue weighted by Crippen LogP contribution is 2.19. The molecule has 0 aliphatic rings. The Morgan fingerprint density at radius 1 is 0.923 bits per heavy atom. The molecular weight excluding hydrogens is 358 g/mol. The summed E-state index contributed by atoms with van der Waals surface area (Å²) in [5.41, 5.74) is 0. The number of para-hydroxylation sites is 2. The van der Waals surface area contributed by atoms with E-state index in [9.17, 15) is 13.0 Å². The molecule has 0 saturated carbocycles. The van der Waals surface area contributed by atoms with Gasteiger partial charge in [-0.15, -0.1) is 0 Å². The molecule has 2 rings (SSSR count). The van der Waals surface area contributed by atoms with Crippen LogP contribution in [0.5, 0.6) is 11.5 Å². The fourth-order valence-corrected chi connectivity index (χ4v) is 1.41. The molecule has 0 heterocycles. The largest absolute Gasteiger partial charge is 0.726 e. The minimum absolute atomic E-state index is 0.281. The first kappa shape index (κ1) is 24.0. The number of quaternary nitrogens is 1. The Bertz CT molecular complexity index is 647. The minimum Gasteiger partial charge on any atom is -0.726 e. The van der Waals surface area contributed by atoms with Gasteiger partial charge in [0.05, 0.1) is 34.9 Å². The van der Waals surface area contributed by atoms with Crippen molar-refractivity contribution >= 4 is 10.4 Å². The molecule has 7 nitrogen and oxygen atoms in total. The van der Waals surface area contributed by atoms with Gasteiger partial charge in [-0.1, -0.05) is 36.4 Å². The van der Waals surface area contributed by atoms with E-state index in [1.807, 2.05) is 60.7 Å². The van der Waals surface area contributed by atoms with E-state index in [-0.39, 0.29) is 6.61 Å². The topological polar surface area (TPSA) is 95.9 Å². The van der Waals surface area contributed by atoms with Crippen molar-refractivity contribution in [3.8, 4) is 11.5 Å². The lowest BCUT2D eigenvalue weighted by molar-refractivity contribution is -0.870. The molecule has 0 amide bonds. The number of hydrogen-bond donors (Lipinski definition) is 1. The normalized spacial score (nSPS) is 10.7. The lowest BCUT2D eigenvalue weighted by Gasteiger charge is -2.21. The van der Waals surface area contributed by atoms with Crippen molar-refractivity contribution < 1.29 is 31.5 Å². The van der Waals surface area contributed by atoms with Gasteiger partial charge in [-0.25, -0.2) is 8.42 Å². The maximum absolute atomic E-state index is 9.22. The number of ether oxygens (including phenoxy) is 1. The molecule has 0 saturated heterocycles. The van der Waals surface area contributed by atoms with Crippen molar-refractivity contribution in [2.75, 3.05) is 41.4 Å². The summed E-state index contributed by atoms with van der Waals surface area (Å²) in [5.74, 6) is 1.74. The second kappa shape index (κ2) is 12.4. The molecule has 146 valence electrons. The molecule has 0 fully saturated rings. The van der Waals surface area contributed by atoms with Crippen LogP contribution in [0.15, 0.2) is 60.7 Å². The number of benzene rings is 2. The lowest BCUT2D eigenvalue weighted by Crippen LogP contribution is -2.36. The predicted octanol–water partition coefficient (Wildman–Crippen LogP) is 2.26. The van der Waals surface area contributed by atoms with Crippen LogP contribution in [0, 0.1) is 0 Å². The van der Waals surface area contributed by atoms with Gasteiger partial charge in [0, 0.05) is 0 Å². The lowest BCUT2D eigenvalue weighted by atomic mass is 10.3. The third-order valence-corrected chi connectivity index (χ3v) is 3.11. The molecule has 0 aliphatic carbocycles. The third-order valence-electron chi connectivity index (χ3n) is 2.70. The summed E-state index contributed by atoms with van der Waals surface area (Å²) in [6.07, 6.45) is 0. The third kappa shape index (κ3) is 15.6. The molecule has 2 aromatic rings. The quantitative estimate of drug-likeness (QED) is 0.482. The second-order valence-corrected chi connectivity index (χ2v) is 7.19. The summed E-state index contributed by atoms with van der Waals surface area (Å²) < 4.78 is 37.4. The Balaban J connectivity index is 0.000000411. The minimum atomic E-state index is -4.41. The molecule has 8 heteroatoms. The number of hydrogen-bond acceptors (Lipinski definition) is 6. The maximum atomic E-state index is 9.22. The molecule has 0 spiro atoms. The van der Waals surface area contributed by atoms with Crippen LogP contribution in [-0.2, 0) is 14.6 Å².